The van der Waals surface area contributed by atoms with Crippen molar-refractivity contribution in [2.24, 2.45) is 0 Å². The summed E-state index contributed by atoms with van der Waals surface area (Å²) in [4.78, 5) is 15.5. The highest BCUT2D eigenvalue weighted by Crippen LogP contribution is 2.40. The highest BCUT2D eigenvalue weighted by molar-refractivity contribution is 6.31. The number of hydrogen-bond donors (Lipinski definition) is 1. The summed E-state index contributed by atoms with van der Waals surface area (Å²) in [6.07, 6.45) is 3.80. The van der Waals surface area contributed by atoms with Crippen molar-refractivity contribution in [1.82, 2.24) is 10.2 Å². The van der Waals surface area contributed by atoms with Gasteiger partial charge in [0.15, 0.2) is 0 Å². The van der Waals surface area contributed by atoms with Crippen LogP contribution in [0.15, 0.2) is 73.3 Å². The van der Waals surface area contributed by atoms with E-state index in [1.165, 1.54) is 12.1 Å². The summed E-state index contributed by atoms with van der Waals surface area (Å²) in [5, 5.41) is 6.26. The normalized spacial score (nSPS) is 21.5. The number of nitrogens with one attached hydrogen (secondary N) is 1. The number of hydrogen-bond acceptors (Lipinski definition) is 2. The molecule has 0 aliphatic carbocycles. The van der Waals surface area contributed by atoms with Crippen LogP contribution in [0.5, 0.6) is 0 Å². The molecule has 0 radical (unpaired) electrons. The molecule has 1 saturated heterocycles. The standard InChI is InChI=1S/C28H30ClFN2O/c1-4-24-17-28(13-14-31-24,21-9-11-23(30)12-10-21)18-27(33)32(3)19(2)26-16-22(29)15-20-7-5-6-8-25(20)26/h4-12,15-16,19,24,31H,1,13-14,17-18H2,2-3H3. The van der Waals surface area contributed by atoms with Crippen LogP contribution in [0.1, 0.15) is 43.4 Å². The Hall–Kier alpha value is -2.69. The Balaban J connectivity index is 1.64. The Morgan fingerprint density at radius 3 is 2.73 bits per heavy atom. The minimum Gasteiger partial charge on any atom is -0.339 e. The summed E-state index contributed by atoms with van der Waals surface area (Å²) >= 11 is 6.40. The predicted octanol–water partition coefficient (Wildman–Crippen LogP) is 6.42. The summed E-state index contributed by atoms with van der Waals surface area (Å²) in [6, 6.07) is 18.6. The van der Waals surface area contributed by atoms with E-state index in [0.29, 0.717) is 11.4 Å². The third-order valence-electron chi connectivity index (χ3n) is 7.13. The quantitative estimate of drug-likeness (QED) is 0.427. The fourth-order valence-corrected chi connectivity index (χ4v) is 5.31. The van der Waals surface area contributed by atoms with Crippen LogP contribution < -0.4 is 5.32 Å². The molecule has 33 heavy (non-hydrogen) atoms. The van der Waals surface area contributed by atoms with Gasteiger partial charge in [0.2, 0.25) is 5.91 Å². The van der Waals surface area contributed by atoms with Crippen molar-refractivity contribution < 1.29 is 9.18 Å². The lowest BCUT2D eigenvalue weighted by molar-refractivity contribution is -0.133. The third-order valence-corrected chi connectivity index (χ3v) is 7.35. The molecule has 3 aromatic rings. The largest absolute Gasteiger partial charge is 0.339 e. The highest BCUT2D eigenvalue weighted by Gasteiger charge is 2.40. The molecule has 1 heterocycles. The van der Waals surface area contributed by atoms with Gasteiger partial charge in [-0.3, -0.25) is 4.79 Å². The molecule has 0 bridgehead atoms. The van der Waals surface area contributed by atoms with Crippen molar-refractivity contribution >= 4 is 28.3 Å². The van der Waals surface area contributed by atoms with E-state index in [-0.39, 0.29) is 29.2 Å². The molecule has 5 heteroatoms. The molecule has 1 aliphatic rings. The summed E-state index contributed by atoms with van der Waals surface area (Å²) in [5.74, 6) is -0.214. The molecule has 1 fully saturated rings. The molecule has 0 aromatic heterocycles. The third kappa shape index (κ3) is 4.83. The summed E-state index contributed by atoms with van der Waals surface area (Å²) in [6.45, 7) is 6.76. The number of carbonyl (C=O) groups is 1. The molecule has 172 valence electrons. The predicted molar refractivity (Wildman–Crippen MR) is 134 cm³/mol. The zero-order valence-electron chi connectivity index (χ0n) is 19.2. The monoisotopic (exact) mass is 464 g/mol. The van der Waals surface area contributed by atoms with E-state index < -0.39 is 0 Å². The van der Waals surface area contributed by atoms with E-state index in [4.69, 9.17) is 11.6 Å². The van der Waals surface area contributed by atoms with Crippen molar-refractivity contribution in [3.63, 3.8) is 0 Å². The van der Waals surface area contributed by atoms with Gasteiger partial charge in [0, 0.05) is 29.9 Å². The fraction of sp³-hybridized carbons (Fsp3) is 0.321. The van der Waals surface area contributed by atoms with Gasteiger partial charge in [-0.1, -0.05) is 54.1 Å². The number of carbonyl (C=O) groups excluding carboxylic acids is 1. The van der Waals surface area contributed by atoms with E-state index in [0.717, 1.165) is 41.3 Å². The first kappa shape index (κ1) is 23.5. The van der Waals surface area contributed by atoms with Gasteiger partial charge in [0.05, 0.1) is 6.04 Å². The zero-order valence-corrected chi connectivity index (χ0v) is 19.9. The molecule has 1 amide bonds. The molecular weight excluding hydrogens is 435 g/mol. The second-order valence-electron chi connectivity index (χ2n) is 9.11. The van der Waals surface area contributed by atoms with E-state index in [2.05, 4.69) is 18.0 Å². The smallest absolute Gasteiger partial charge is 0.223 e. The Labute approximate surface area is 200 Å². The average molecular weight is 465 g/mol. The molecule has 3 atom stereocenters. The first-order valence-electron chi connectivity index (χ1n) is 11.4. The van der Waals surface area contributed by atoms with Gasteiger partial charge in [-0.15, -0.1) is 6.58 Å². The maximum Gasteiger partial charge on any atom is 0.223 e. The first-order valence-corrected chi connectivity index (χ1v) is 11.8. The van der Waals surface area contributed by atoms with Gasteiger partial charge in [0.25, 0.3) is 0 Å². The molecule has 1 aliphatic heterocycles. The van der Waals surface area contributed by atoms with Crippen LogP contribution in [-0.4, -0.2) is 30.4 Å². The number of amides is 1. The Bertz CT molecular complexity index is 1160. The number of rotatable bonds is 6. The highest BCUT2D eigenvalue weighted by atomic mass is 35.5. The Morgan fingerprint density at radius 2 is 2.00 bits per heavy atom. The van der Waals surface area contributed by atoms with Crippen molar-refractivity contribution in [2.75, 3.05) is 13.6 Å². The molecule has 3 aromatic carbocycles. The second kappa shape index (κ2) is 9.66. The van der Waals surface area contributed by atoms with Gasteiger partial charge in [-0.25, -0.2) is 4.39 Å². The number of halogens is 2. The minimum atomic E-state index is -0.376. The molecule has 4 rings (SSSR count). The maximum absolute atomic E-state index is 13.7. The van der Waals surface area contributed by atoms with Gasteiger partial charge in [-0.2, -0.15) is 0 Å². The van der Waals surface area contributed by atoms with Gasteiger partial charge in [0.1, 0.15) is 5.82 Å². The van der Waals surface area contributed by atoms with Crippen LogP contribution in [0.2, 0.25) is 5.02 Å². The summed E-state index contributed by atoms with van der Waals surface area (Å²) in [5.41, 5.74) is 1.65. The second-order valence-corrected chi connectivity index (χ2v) is 9.55. The molecular formula is C28H30ClFN2O. The summed E-state index contributed by atoms with van der Waals surface area (Å²) in [7, 11) is 1.85. The summed E-state index contributed by atoms with van der Waals surface area (Å²) < 4.78 is 13.7. The number of nitrogens with zero attached hydrogens (tertiary/aromatic N) is 1. The van der Waals surface area contributed by atoms with Crippen LogP contribution in [0.4, 0.5) is 4.39 Å². The lowest BCUT2D eigenvalue weighted by Crippen LogP contribution is -2.48. The molecule has 0 spiro atoms. The Morgan fingerprint density at radius 1 is 1.27 bits per heavy atom. The van der Waals surface area contributed by atoms with Gasteiger partial charge < -0.3 is 10.2 Å². The Kier molecular flexibility index (Phi) is 6.87. The number of piperidine rings is 1. The van der Waals surface area contributed by atoms with Crippen LogP contribution >= 0.6 is 11.6 Å². The van der Waals surface area contributed by atoms with Gasteiger partial charge in [-0.05, 0) is 72.5 Å². The van der Waals surface area contributed by atoms with E-state index in [1.807, 2.05) is 67.4 Å². The zero-order chi connectivity index (χ0) is 23.6. The van der Waals surface area contributed by atoms with Crippen LogP contribution in [-0.2, 0) is 10.2 Å². The maximum atomic E-state index is 13.7. The lowest BCUT2D eigenvalue weighted by atomic mass is 9.68. The molecule has 3 nitrogen and oxygen atoms in total. The van der Waals surface area contributed by atoms with E-state index >= 15 is 0 Å². The minimum absolute atomic E-state index is 0.0561. The molecule has 3 unspecified atom stereocenters. The SMILES string of the molecule is C=CC1CC(CC(=O)N(C)C(C)c2cc(Cl)cc3ccccc23)(c2ccc(F)cc2)CCN1. The fourth-order valence-electron chi connectivity index (χ4n) is 5.07. The van der Waals surface area contributed by atoms with Crippen molar-refractivity contribution in [3.05, 3.63) is 95.3 Å². The van der Waals surface area contributed by atoms with Crippen molar-refractivity contribution in [1.29, 1.82) is 0 Å². The van der Waals surface area contributed by atoms with Gasteiger partial charge >= 0.3 is 0 Å². The number of fused-ring (bicyclic) bond motifs is 1. The van der Waals surface area contributed by atoms with E-state index in [1.54, 1.807) is 0 Å². The van der Waals surface area contributed by atoms with Crippen LogP contribution in [0.3, 0.4) is 0 Å². The molecule has 1 N–H and O–H groups in total. The van der Waals surface area contributed by atoms with Crippen LogP contribution in [0.25, 0.3) is 10.8 Å². The van der Waals surface area contributed by atoms with Crippen molar-refractivity contribution in [2.45, 2.75) is 43.7 Å². The number of benzene rings is 3. The van der Waals surface area contributed by atoms with Crippen molar-refractivity contribution in [3.8, 4) is 0 Å². The topological polar surface area (TPSA) is 32.3 Å². The average Bonchev–Trinajstić information content (AvgIpc) is 2.83. The first-order chi connectivity index (χ1) is 15.8. The van der Waals surface area contributed by atoms with E-state index in [9.17, 15) is 9.18 Å². The van der Waals surface area contributed by atoms with Crippen LogP contribution in [0, 0.1) is 5.82 Å². The molecule has 0 saturated carbocycles. The lowest BCUT2D eigenvalue weighted by Gasteiger charge is -2.42.